The molecule has 1 aliphatic heterocycles. The summed E-state index contributed by atoms with van der Waals surface area (Å²) < 4.78 is 1.79. The number of anilines is 1. The summed E-state index contributed by atoms with van der Waals surface area (Å²) in [4.78, 5) is 18.4. The first-order valence-corrected chi connectivity index (χ1v) is 8.92. The van der Waals surface area contributed by atoms with Crippen molar-refractivity contribution in [2.45, 2.75) is 38.8 Å². The highest BCUT2D eigenvalue weighted by Gasteiger charge is 2.17. The Bertz CT molecular complexity index is 671. The van der Waals surface area contributed by atoms with E-state index in [9.17, 15) is 4.79 Å². The Labute approximate surface area is 148 Å². The molecule has 2 amide bonds. The quantitative estimate of drug-likeness (QED) is 0.845. The normalized spacial score (nSPS) is 18.0. The Kier molecular flexibility index (Phi) is 6.00. The molecule has 134 valence electrons. The molecule has 3 rings (SSSR count). The molecule has 2 aromatic rings. The summed E-state index contributed by atoms with van der Waals surface area (Å²) in [6.45, 7) is 5.58. The summed E-state index contributed by atoms with van der Waals surface area (Å²) in [5.74, 6) is 0.554. The van der Waals surface area contributed by atoms with Crippen LogP contribution in [0.4, 0.5) is 10.6 Å². The first-order chi connectivity index (χ1) is 12.2. The highest BCUT2D eigenvalue weighted by atomic mass is 16.2. The van der Waals surface area contributed by atoms with E-state index in [0.29, 0.717) is 24.9 Å². The number of urea groups is 1. The van der Waals surface area contributed by atoms with E-state index < -0.39 is 0 Å². The van der Waals surface area contributed by atoms with Gasteiger partial charge in [0.05, 0.1) is 6.54 Å². The Morgan fingerprint density at radius 3 is 2.92 bits per heavy atom. The summed E-state index contributed by atoms with van der Waals surface area (Å²) in [6.07, 6.45) is 9.19. The number of likely N-dealkylation sites (tertiary alicyclic amines) is 1. The Morgan fingerprint density at radius 1 is 1.28 bits per heavy atom. The average molecular weight is 342 g/mol. The molecule has 1 unspecified atom stereocenters. The molecule has 1 aliphatic rings. The number of pyridine rings is 1. The lowest BCUT2D eigenvalue weighted by atomic mass is 10.0. The zero-order valence-electron chi connectivity index (χ0n) is 14.7. The van der Waals surface area contributed by atoms with E-state index in [-0.39, 0.29) is 6.03 Å². The summed E-state index contributed by atoms with van der Waals surface area (Å²) >= 11 is 0. The predicted octanol–water partition coefficient (Wildman–Crippen LogP) is 2.32. The molecule has 0 spiro atoms. The van der Waals surface area contributed by atoms with Crippen molar-refractivity contribution in [3.05, 3.63) is 42.4 Å². The summed E-state index contributed by atoms with van der Waals surface area (Å²) in [5, 5.41) is 10.1. The topological polar surface area (TPSA) is 75.1 Å². The van der Waals surface area contributed by atoms with Crippen LogP contribution in [-0.2, 0) is 6.54 Å². The monoisotopic (exact) mass is 342 g/mol. The lowest BCUT2D eigenvalue weighted by molar-refractivity contribution is 0.162. The number of nitrogens with zero attached hydrogens (tertiary/aromatic N) is 4. The minimum atomic E-state index is -0.209. The van der Waals surface area contributed by atoms with Crippen molar-refractivity contribution in [3.63, 3.8) is 0 Å². The van der Waals surface area contributed by atoms with Gasteiger partial charge in [-0.15, -0.1) is 0 Å². The second-order valence-corrected chi connectivity index (χ2v) is 6.52. The highest BCUT2D eigenvalue weighted by molar-refractivity contribution is 5.88. The van der Waals surface area contributed by atoms with Crippen LogP contribution >= 0.6 is 0 Å². The van der Waals surface area contributed by atoms with Crippen molar-refractivity contribution in [1.82, 2.24) is 25.0 Å². The zero-order valence-corrected chi connectivity index (χ0v) is 14.7. The van der Waals surface area contributed by atoms with E-state index in [2.05, 4.69) is 32.5 Å². The van der Waals surface area contributed by atoms with E-state index in [1.54, 1.807) is 23.1 Å². The van der Waals surface area contributed by atoms with E-state index in [0.717, 1.165) is 18.7 Å². The van der Waals surface area contributed by atoms with Crippen LogP contribution in [0, 0.1) is 0 Å². The molecule has 3 heterocycles. The van der Waals surface area contributed by atoms with Gasteiger partial charge in [-0.1, -0.05) is 6.42 Å². The van der Waals surface area contributed by atoms with Crippen LogP contribution in [0.15, 0.2) is 36.8 Å². The summed E-state index contributed by atoms with van der Waals surface area (Å²) in [6, 6.07) is 6.10. The lowest BCUT2D eigenvalue weighted by Gasteiger charge is -2.33. The molecule has 0 bridgehead atoms. The second kappa shape index (κ2) is 8.62. The molecule has 0 aliphatic carbocycles. The largest absolute Gasteiger partial charge is 0.337 e. The number of nitrogens with one attached hydrogen (secondary N) is 2. The molecule has 2 N–H and O–H groups in total. The van der Waals surface area contributed by atoms with Gasteiger partial charge in [-0.25, -0.2) is 4.79 Å². The van der Waals surface area contributed by atoms with Gasteiger partial charge in [0.1, 0.15) is 0 Å². The van der Waals surface area contributed by atoms with Crippen LogP contribution < -0.4 is 10.6 Å². The molecule has 0 radical (unpaired) electrons. The maximum Gasteiger partial charge on any atom is 0.320 e. The van der Waals surface area contributed by atoms with E-state index in [1.807, 2.05) is 18.3 Å². The molecular formula is C18H26N6O. The highest BCUT2D eigenvalue weighted by Crippen LogP contribution is 2.15. The number of carbonyl (C=O) groups is 1. The van der Waals surface area contributed by atoms with Gasteiger partial charge in [0.2, 0.25) is 0 Å². The van der Waals surface area contributed by atoms with Gasteiger partial charge in [0, 0.05) is 43.8 Å². The SMILES string of the molecule is CC1CCCCN1CCNC(=O)Nc1ccn(Cc2ccncc2)n1. The standard InChI is InChI=1S/C18H26N6O/c1-15-4-2-3-11-23(15)13-10-20-18(25)21-17-7-12-24(22-17)14-16-5-8-19-9-6-16/h5-9,12,15H,2-4,10-11,13-14H2,1H3,(H2,20,21,22,25). The molecule has 2 aromatic heterocycles. The minimum Gasteiger partial charge on any atom is -0.337 e. The third-order valence-electron chi connectivity index (χ3n) is 4.60. The third-order valence-corrected chi connectivity index (χ3v) is 4.60. The predicted molar refractivity (Wildman–Crippen MR) is 97.5 cm³/mol. The zero-order chi connectivity index (χ0) is 17.5. The lowest BCUT2D eigenvalue weighted by Crippen LogP contribution is -2.43. The Hall–Kier alpha value is -2.41. The Morgan fingerprint density at radius 2 is 2.12 bits per heavy atom. The smallest absolute Gasteiger partial charge is 0.320 e. The van der Waals surface area contributed by atoms with Crippen LogP contribution in [0.3, 0.4) is 0 Å². The van der Waals surface area contributed by atoms with Crippen molar-refractivity contribution >= 4 is 11.8 Å². The van der Waals surface area contributed by atoms with Crippen LogP contribution in [0.2, 0.25) is 0 Å². The van der Waals surface area contributed by atoms with Gasteiger partial charge in [-0.2, -0.15) is 5.10 Å². The average Bonchev–Trinajstić information content (AvgIpc) is 3.04. The van der Waals surface area contributed by atoms with Gasteiger partial charge >= 0.3 is 6.03 Å². The van der Waals surface area contributed by atoms with Crippen molar-refractivity contribution < 1.29 is 4.79 Å². The van der Waals surface area contributed by atoms with Crippen molar-refractivity contribution in [1.29, 1.82) is 0 Å². The van der Waals surface area contributed by atoms with Gasteiger partial charge < -0.3 is 5.32 Å². The fourth-order valence-electron chi connectivity index (χ4n) is 3.16. The number of amides is 2. The summed E-state index contributed by atoms with van der Waals surface area (Å²) in [7, 11) is 0. The number of piperidine rings is 1. The van der Waals surface area contributed by atoms with Crippen molar-refractivity contribution in [2.75, 3.05) is 25.0 Å². The van der Waals surface area contributed by atoms with E-state index >= 15 is 0 Å². The maximum absolute atomic E-state index is 12.0. The molecule has 1 saturated heterocycles. The first-order valence-electron chi connectivity index (χ1n) is 8.92. The second-order valence-electron chi connectivity index (χ2n) is 6.52. The molecule has 0 saturated carbocycles. The van der Waals surface area contributed by atoms with Gasteiger partial charge in [-0.05, 0) is 44.0 Å². The number of aromatic nitrogens is 3. The fraction of sp³-hybridized carbons (Fsp3) is 0.500. The summed E-state index contributed by atoms with van der Waals surface area (Å²) in [5.41, 5.74) is 1.12. The van der Waals surface area contributed by atoms with Gasteiger partial charge in [0.25, 0.3) is 0 Å². The van der Waals surface area contributed by atoms with Crippen molar-refractivity contribution in [2.24, 2.45) is 0 Å². The number of carbonyl (C=O) groups excluding carboxylic acids is 1. The van der Waals surface area contributed by atoms with Gasteiger partial charge in [-0.3, -0.25) is 19.9 Å². The molecule has 7 heteroatoms. The van der Waals surface area contributed by atoms with Crippen LogP contribution in [-0.4, -0.2) is 51.4 Å². The molecule has 25 heavy (non-hydrogen) atoms. The van der Waals surface area contributed by atoms with E-state index in [1.165, 1.54) is 19.3 Å². The number of hydrogen-bond acceptors (Lipinski definition) is 4. The first kappa shape index (κ1) is 17.4. The van der Waals surface area contributed by atoms with Crippen molar-refractivity contribution in [3.8, 4) is 0 Å². The third kappa shape index (κ3) is 5.29. The number of rotatable bonds is 6. The van der Waals surface area contributed by atoms with Crippen LogP contribution in [0.5, 0.6) is 0 Å². The fourth-order valence-corrected chi connectivity index (χ4v) is 3.16. The molecular weight excluding hydrogens is 316 g/mol. The van der Waals surface area contributed by atoms with Crippen LogP contribution in [0.1, 0.15) is 31.7 Å². The number of hydrogen-bond donors (Lipinski definition) is 2. The van der Waals surface area contributed by atoms with Crippen LogP contribution in [0.25, 0.3) is 0 Å². The molecule has 0 aromatic carbocycles. The molecule has 1 fully saturated rings. The molecule has 7 nitrogen and oxygen atoms in total. The molecule has 1 atom stereocenters. The Balaban J connectivity index is 1.41. The maximum atomic E-state index is 12.0. The minimum absolute atomic E-state index is 0.209. The van der Waals surface area contributed by atoms with E-state index in [4.69, 9.17) is 0 Å². The van der Waals surface area contributed by atoms with Gasteiger partial charge in [0.15, 0.2) is 5.82 Å².